The zero-order valence-electron chi connectivity index (χ0n) is 17.1. The summed E-state index contributed by atoms with van der Waals surface area (Å²) < 4.78 is 0. The van der Waals surface area contributed by atoms with Crippen LogP contribution in [0.25, 0.3) is 0 Å². The Kier molecular flexibility index (Phi) is 5.22. The number of pyridine rings is 1. The summed E-state index contributed by atoms with van der Waals surface area (Å²) >= 11 is 1.49. The molecule has 0 saturated carbocycles. The maximum atomic E-state index is 13.4. The van der Waals surface area contributed by atoms with Gasteiger partial charge in [-0.15, -0.1) is 0 Å². The molecular weight excluding hydrogens is 376 g/mol. The van der Waals surface area contributed by atoms with Gasteiger partial charge in [0.25, 0.3) is 0 Å². The monoisotopic (exact) mass is 402 g/mol. The zero-order valence-corrected chi connectivity index (χ0v) is 17.9. The molecule has 29 heavy (non-hydrogen) atoms. The molecule has 2 aromatic carbocycles. The van der Waals surface area contributed by atoms with Crippen molar-refractivity contribution >= 4 is 23.4 Å². The fourth-order valence-electron chi connectivity index (χ4n) is 4.67. The summed E-state index contributed by atoms with van der Waals surface area (Å²) in [4.78, 5) is 19.7. The lowest BCUT2D eigenvalue weighted by atomic mass is 9.65. The van der Waals surface area contributed by atoms with Crippen molar-refractivity contribution in [3.63, 3.8) is 0 Å². The summed E-state index contributed by atoms with van der Waals surface area (Å²) in [5, 5.41) is 0.873. The summed E-state index contributed by atoms with van der Waals surface area (Å²) in [7, 11) is 0. The van der Waals surface area contributed by atoms with Gasteiger partial charge in [0.1, 0.15) is 0 Å². The van der Waals surface area contributed by atoms with Crippen LogP contribution in [0, 0.1) is 0 Å². The van der Waals surface area contributed by atoms with Crippen LogP contribution in [-0.2, 0) is 10.2 Å². The van der Waals surface area contributed by atoms with Gasteiger partial charge in [0, 0.05) is 22.8 Å². The molecule has 0 aliphatic carbocycles. The summed E-state index contributed by atoms with van der Waals surface area (Å²) in [6.45, 7) is 6.65. The van der Waals surface area contributed by atoms with Gasteiger partial charge in [-0.2, -0.15) is 0 Å². The third-order valence-electron chi connectivity index (χ3n) is 5.77. The van der Waals surface area contributed by atoms with E-state index in [1.165, 1.54) is 22.9 Å². The van der Waals surface area contributed by atoms with E-state index in [1.807, 2.05) is 29.2 Å². The second-order valence-corrected chi connectivity index (χ2v) is 9.39. The summed E-state index contributed by atoms with van der Waals surface area (Å²) in [5.41, 5.74) is 3.06. The van der Waals surface area contributed by atoms with Gasteiger partial charge in [0.15, 0.2) is 0 Å². The predicted octanol–water partition coefficient (Wildman–Crippen LogP) is 5.70. The van der Waals surface area contributed by atoms with E-state index in [0.29, 0.717) is 5.75 Å². The Labute approximate surface area is 177 Å². The van der Waals surface area contributed by atoms with E-state index in [2.05, 4.69) is 74.3 Å². The van der Waals surface area contributed by atoms with E-state index in [9.17, 15) is 4.79 Å². The number of carbonyl (C=O) groups excluding carboxylic acids is 1. The van der Waals surface area contributed by atoms with Gasteiger partial charge in [-0.1, -0.05) is 73.3 Å². The van der Waals surface area contributed by atoms with E-state index in [-0.39, 0.29) is 16.9 Å². The standard InChI is InChI=1S/C25H26N2OS/c1-24(2)18-25(3,19-11-5-4-6-12-19)20-13-7-8-14-21(20)27(24)23(28)17-29-22-15-9-10-16-26-22/h4-16H,17-18H2,1-3H3/t25-/m1/s1. The highest BCUT2D eigenvalue weighted by Crippen LogP contribution is 2.50. The lowest BCUT2D eigenvalue weighted by molar-refractivity contribution is -0.117. The number of carbonyl (C=O) groups is 1. The topological polar surface area (TPSA) is 33.2 Å². The van der Waals surface area contributed by atoms with Crippen LogP contribution in [0.4, 0.5) is 5.69 Å². The fraction of sp³-hybridized carbons (Fsp3) is 0.280. The average Bonchev–Trinajstić information content (AvgIpc) is 2.73. The van der Waals surface area contributed by atoms with E-state index in [4.69, 9.17) is 0 Å². The van der Waals surface area contributed by atoms with E-state index < -0.39 is 0 Å². The number of para-hydroxylation sites is 1. The Bertz CT molecular complexity index is 1000. The third-order valence-corrected chi connectivity index (χ3v) is 6.70. The number of thioether (sulfide) groups is 1. The summed E-state index contributed by atoms with van der Waals surface area (Å²) in [6.07, 6.45) is 2.62. The van der Waals surface area contributed by atoms with E-state index in [1.54, 1.807) is 6.20 Å². The molecule has 0 saturated heterocycles. The van der Waals surface area contributed by atoms with Crippen LogP contribution >= 0.6 is 11.8 Å². The van der Waals surface area contributed by atoms with Crippen molar-refractivity contribution in [2.24, 2.45) is 0 Å². The van der Waals surface area contributed by atoms with Gasteiger partial charge in [0.05, 0.1) is 10.8 Å². The van der Waals surface area contributed by atoms with Crippen LogP contribution in [0.5, 0.6) is 0 Å². The first kappa shape index (κ1) is 19.7. The molecule has 1 amide bonds. The lowest BCUT2D eigenvalue weighted by Gasteiger charge is -2.51. The Morgan fingerprint density at radius 1 is 0.966 bits per heavy atom. The maximum absolute atomic E-state index is 13.4. The smallest absolute Gasteiger partial charge is 0.237 e. The number of aromatic nitrogens is 1. The van der Waals surface area contributed by atoms with Crippen molar-refractivity contribution in [3.05, 3.63) is 90.1 Å². The number of anilines is 1. The van der Waals surface area contributed by atoms with Gasteiger partial charge < -0.3 is 4.90 Å². The first-order valence-corrected chi connectivity index (χ1v) is 10.9. The van der Waals surface area contributed by atoms with Crippen molar-refractivity contribution in [2.45, 2.75) is 43.2 Å². The van der Waals surface area contributed by atoms with Crippen LogP contribution in [0.15, 0.2) is 84.0 Å². The number of nitrogens with zero attached hydrogens (tertiary/aromatic N) is 2. The van der Waals surface area contributed by atoms with Gasteiger partial charge in [0.2, 0.25) is 5.91 Å². The molecule has 148 valence electrons. The molecule has 0 fully saturated rings. The Balaban J connectivity index is 1.71. The fourth-order valence-corrected chi connectivity index (χ4v) is 5.38. The largest absolute Gasteiger partial charge is 0.306 e. The quantitative estimate of drug-likeness (QED) is 0.525. The highest BCUT2D eigenvalue weighted by atomic mass is 32.2. The first-order chi connectivity index (χ1) is 13.9. The van der Waals surface area contributed by atoms with Crippen molar-refractivity contribution < 1.29 is 4.79 Å². The highest BCUT2D eigenvalue weighted by molar-refractivity contribution is 7.99. The Morgan fingerprint density at radius 2 is 1.66 bits per heavy atom. The molecule has 1 aromatic heterocycles. The minimum absolute atomic E-state index is 0.119. The SMILES string of the molecule is CC1(C)C[C@](C)(c2ccccc2)c2ccccc2N1C(=O)CSc1ccccn1. The van der Waals surface area contributed by atoms with Crippen LogP contribution in [0.1, 0.15) is 38.3 Å². The second kappa shape index (κ2) is 7.68. The van der Waals surface area contributed by atoms with Crippen LogP contribution in [0.2, 0.25) is 0 Å². The molecule has 0 N–H and O–H groups in total. The molecular formula is C25H26N2OS. The molecule has 0 unspecified atom stereocenters. The van der Waals surface area contributed by atoms with Crippen molar-refractivity contribution in [1.82, 2.24) is 4.98 Å². The average molecular weight is 403 g/mol. The Morgan fingerprint density at radius 3 is 2.38 bits per heavy atom. The minimum atomic E-state index is -0.305. The second-order valence-electron chi connectivity index (χ2n) is 8.39. The molecule has 1 atom stereocenters. The van der Waals surface area contributed by atoms with Crippen LogP contribution in [0.3, 0.4) is 0 Å². The minimum Gasteiger partial charge on any atom is -0.306 e. The van der Waals surface area contributed by atoms with Crippen molar-refractivity contribution in [2.75, 3.05) is 10.7 Å². The molecule has 1 aliphatic rings. The molecule has 0 bridgehead atoms. The van der Waals surface area contributed by atoms with Gasteiger partial charge in [-0.05, 0) is 49.6 Å². The van der Waals surface area contributed by atoms with Gasteiger partial charge in [-0.25, -0.2) is 4.98 Å². The molecule has 3 aromatic rings. The molecule has 4 heteroatoms. The number of hydrogen-bond acceptors (Lipinski definition) is 3. The summed E-state index contributed by atoms with van der Waals surface area (Å²) in [6, 6.07) is 24.8. The number of fused-ring (bicyclic) bond motifs is 1. The van der Waals surface area contributed by atoms with E-state index >= 15 is 0 Å². The molecule has 0 radical (unpaired) electrons. The number of amides is 1. The van der Waals surface area contributed by atoms with Gasteiger partial charge >= 0.3 is 0 Å². The predicted molar refractivity (Wildman–Crippen MR) is 120 cm³/mol. The summed E-state index contributed by atoms with van der Waals surface area (Å²) in [5.74, 6) is 0.491. The zero-order chi connectivity index (χ0) is 20.5. The van der Waals surface area contributed by atoms with Crippen molar-refractivity contribution in [3.8, 4) is 0 Å². The molecule has 2 heterocycles. The number of rotatable bonds is 4. The van der Waals surface area contributed by atoms with Crippen molar-refractivity contribution in [1.29, 1.82) is 0 Å². The lowest BCUT2D eigenvalue weighted by Crippen LogP contribution is -2.56. The third kappa shape index (κ3) is 3.69. The van der Waals surface area contributed by atoms with E-state index in [0.717, 1.165) is 17.1 Å². The van der Waals surface area contributed by atoms with Gasteiger partial charge in [-0.3, -0.25) is 4.79 Å². The maximum Gasteiger partial charge on any atom is 0.237 e. The van der Waals surface area contributed by atoms with Crippen LogP contribution in [-0.4, -0.2) is 22.2 Å². The number of benzene rings is 2. The first-order valence-electron chi connectivity index (χ1n) is 9.94. The normalized spacial score (nSPS) is 20.2. The molecule has 4 rings (SSSR count). The van der Waals surface area contributed by atoms with Crippen LogP contribution < -0.4 is 4.90 Å². The molecule has 1 aliphatic heterocycles. The Hall–Kier alpha value is -2.59. The molecule has 0 spiro atoms. The highest BCUT2D eigenvalue weighted by Gasteiger charge is 2.47. The number of hydrogen-bond donors (Lipinski definition) is 0. The molecule has 3 nitrogen and oxygen atoms in total.